The molecule has 1 atom stereocenters. The number of hydrogen-bond acceptors (Lipinski definition) is 4. The molecule has 0 spiro atoms. The van der Waals surface area contributed by atoms with E-state index >= 15 is 0 Å². The molecular weight excluding hydrogens is 438 g/mol. The molecule has 34 heavy (non-hydrogen) atoms. The van der Waals surface area contributed by atoms with Crippen LogP contribution in [0.15, 0.2) is 90.0 Å². The van der Waals surface area contributed by atoms with Crippen LogP contribution in [0.5, 0.6) is 0 Å². The lowest BCUT2D eigenvalue weighted by atomic mass is 9.99. The molecule has 0 fully saturated rings. The molecule has 1 N–H and O–H groups in total. The fraction of sp³-hybridized carbons (Fsp3) is 0.138. The number of carbonyl (C=O) groups excluding carboxylic acids is 1. The fourth-order valence-electron chi connectivity index (χ4n) is 3.60. The van der Waals surface area contributed by atoms with Crippen LogP contribution in [0.4, 0.5) is 5.69 Å². The van der Waals surface area contributed by atoms with Gasteiger partial charge in [0.1, 0.15) is 11.1 Å². The number of aromatic nitrogens is 1. The number of aryl methyl sites for hydroxylation is 2. The van der Waals surface area contributed by atoms with E-state index in [-0.39, 0.29) is 5.91 Å². The van der Waals surface area contributed by atoms with E-state index in [1.54, 1.807) is 0 Å². The zero-order valence-corrected chi connectivity index (χ0v) is 20.2. The van der Waals surface area contributed by atoms with Crippen LogP contribution in [0.25, 0.3) is 22.4 Å². The molecule has 0 radical (unpaired) electrons. The number of amides is 1. The largest absolute Gasteiger partial charge is 0.325 e. The minimum Gasteiger partial charge on any atom is -0.325 e. The Balaban J connectivity index is 1.73. The second-order valence-corrected chi connectivity index (χ2v) is 9.47. The SMILES string of the molecule is Cc1ccc(-c2cc(-c3ccccc3)c(C#N)c(SC(C)C(=O)Nc3ccccc3C)n2)cc1. The third-order valence-electron chi connectivity index (χ3n) is 5.59. The molecule has 1 aromatic heterocycles. The quantitative estimate of drug-likeness (QED) is 0.312. The van der Waals surface area contributed by atoms with Gasteiger partial charge in [-0.3, -0.25) is 4.79 Å². The second kappa shape index (κ2) is 10.4. The average molecular weight is 464 g/mol. The summed E-state index contributed by atoms with van der Waals surface area (Å²) in [6.07, 6.45) is 0. The zero-order chi connectivity index (χ0) is 24.1. The summed E-state index contributed by atoms with van der Waals surface area (Å²) in [7, 11) is 0. The maximum Gasteiger partial charge on any atom is 0.237 e. The van der Waals surface area contributed by atoms with E-state index in [4.69, 9.17) is 4.98 Å². The Bertz CT molecular complexity index is 1360. The fourth-order valence-corrected chi connectivity index (χ4v) is 4.53. The van der Waals surface area contributed by atoms with Crippen molar-refractivity contribution >= 4 is 23.4 Å². The van der Waals surface area contributed by atoms with Gasteiger partial charge in [0.2, 0.25) is 5.91 Å². The first-order valence-electron chi connectivity index (χ1n) is 11.1. The van der Waals surface area contributed by atoms with Gasteiger partial charge in [-0.15, -0.1) is 0 Å². The first kappa shape index (κ1) is 23.3. The summed E-state index contributed by atoms with van der Waals surface area (Å²) in [5.41, 5.74) is 6.90. The minimum absolute atomic E-state index is 0.132. The van der Waals surface area contributed by atoms with Gasteiger partial charge in [-0.1, -0.05) is 90.1 Å². The molecule has 0 aliphatic heterocycles. The summed E-state index contributed by atoms with van der Waals surface area (Å²) < 4.78 is 0. The molecule has 0 saturated heterocycles. The van der Waals surface area contributed by atoms with Crippen molar-refractivity contribution in [1.29, 1.82) is 5.26 Å². The zero-order valence-electron chi connectivity index (χ0n) is 19.4. The molecule has 0 bridgehead atoms. The van der Waals surface area contributed by atoms with Crippen LogP contribution >= 0.6 is 11.8 Å². The van der Waals surface area contributed by atoms with Gasteiger partial charge in [-0.2, -0.15) is 5.26 Å². The van der Waals surface area contributed by atoms with Crippen molar-refractivity contribution in [2.75, 3.05) is 5.32 Å². The summed E-state index contributed by atoms with van der Waals surface area (Å²) in [5.74, 6) is -0.132. The number of nitrogens with zero attached hydrogens (tertiary/aromatic N) is 2. The second-order valence-electron chi connectivity index (χ2n) is 8.14. The van der Waals surface area contributed by atoms with Gasteiger partial charge >= 0.3 is 0 Å². The number of hydrogen-bond donors (Lipinski definition) is 1. The first-order valence-corrected chi connectivity index (χ1v) is 11.9. The van der Waals surface area contributed by atoms with Crippen LogP contribution in [0.3, 0.4) is 0 Å². The molecule has 3 aromatic carbocycles. The van der Waals surface area contributed by atoms with Gasteiger partial charge in [0.15, 0.2) is 0 Å². The standard InChI is InChI=1S/C29H25N3OS/c1-19-13-15-23(16-14-19)27-17-24(22-10-5-4-6-11-22)25(18-30)29(32-27)34-21(3)28(33)31-26-12-8-7-9-20(26)2/h4-17,21H,1-3H3,(H,31,33). The summed E-state index contributed by atoms with van der Waals surface area (Å²) in [6.45, 7) is 5.84. The lowest BCUT2D eigenvalue weighted by molar-refractivity contribution is -0.115. The summed E-state index contributed by atoms with van der Waals surface area (Å²) in [6, 6.07) is 29.9. The van der Waals surface area contributed by atoms with E-state index in [0.29, 0.717) is 10.6 Å². The van der Waals surface area contributed by atoms with Crippen LogP contribution in [0, 0.1) is 25.2 Å². The molecule has 1 unspecified atom stereocenters. The number of carbonyl (C=O) groups is 1. The summed E-state index contributed by atoms with van der Waals surface area (Å²) in [4.78, 5) is 17.8. The van der Waals surface area contributed by atoms with E-state index < -0.39 is 5.25 Å². The predicted octanol–water partition coefficient (Wildman–Crippen LogP) is 7.02. The number of nitrogens with one attached hydrogen (secondary N) is 1. The van der Waals surface area contributed by atoms with Gasteiger partial charge < -0.3 is 5.32 Å². The molecule has 0 saturated carbocycles. The number of thioether (sulfide) groups is 1. The normalized spacial score (nSPS) is 11.5. The number of pyridine rings is 1. The van der Waals surface area contributed by atoms with Crippen LogP contribution in [0.1, 0.15) is 23.6 Å². The maximum absolute atomic E-state index is 13.0. The Hall–Kier alpha value is -3.88. The predicted molar refractivity (Wildman–Crippen MR) is 140 cm³/mol. The van der Waals surface area contributed by atoms with Crippen LogP contribution < -0.4 is 5.32 Å². The topological polar surface area (TPSA) is 65.8 Å². The van der Waals surface area contributed by atoms with Crippen molar-refractivity contribution in [3.63, 3.8) is 0 Å². The lowest BCUT2D eigenvalue weighted by Gasteiger charge is -2.16. The van der Waals surface area contributed by atoms with Crippen molar-refractivity contribution < 1.29 is 4.79 Å². The van der Waals surface area contributed by atoms with Gasteiger partial charge in [-0.05, 0) is 44.0 Å². The number of nitriles is 1. The molecule has 4 rings (SSSR count). The number of benzene rings is 3. The first-order chi connectivity index (χ1) is 16.5. The molecule has 1 heterocycles. The van der Waals surface area contributed by atoms with Crippen molar-refractivity contribution in [1.82, 2.24) is 4.98 Å². The van der Waals surface area contributed by atoms with E-state index in [9.17, 15) is 10.1 Å². The van der Waals surface area contributed by atoms with Crippen LogP contribution in [-0.4, -0.2) is 16.1 Å². The van der Waals surface area contributed by atoms with Crippen molar-refractivity contribution in [3.05, 3.63) is 102 Å². The van der Waals surface area contributed by atoms with Crippen molar-refractivity contribution in [3.8, 4) is 28.5 Å². The van der Waals surface area contributed by atoms with E-state index in [1.165, 1.54) is 11.8 Å². The monoisotopic (exact) mass is 463 g/mol. The Morgan fingerprint density at radius 2 is 1.62 bits per heavy atom. The molecule has 168 valence electrons. The van der Waals surface area contributed by atoms with E-state index in [1.807, 2.05) is 106 Å². The van der Waals surface area contributed by atoms with E-state index in [2.05, 4.69) is 11.4 Å². The average Bonchev–Trinajstić information content (AvgIpc) is 2.86. The molecule has 5 heteroatoms. The summed E-state index contributed by atoms with van der Waals surface area (Å²) >= 11 is 1.30. The van der Waals surface area contributed by atoms with Crippen LogP contribution in [0.2, 0.25) is 0 Å². The highest BCUT2D eigenvalue weighted by molar-refractivity contribution is 8.00. The maximum atomic E-state index is 13.0. The van der Waals surface area contributed by atoms with Crippen LogP contribution in [-0.2, 0) is 4.79 Å². The Labute approximate surface area is 204 Å². The third-order valence-corrected chi connectivity index (χ3v) is 6.68. The number of anilines is 1. The van der Waals surface area contributed by atoms with Crippen molar-refractivity contribution in [2.45, 2.75) is 31.0 Å². The highest BCUT2D eigenvalue weighted by Gasteiger charge is 2.21. The van der Waals surface area contributed by atoms with E-state index in [0.717, 1.165) is 39.2 Å². The Kier molecular flexibility index (Phi) is 7.10. The summed E-state index contributed by atoms with van der Waals surface area (Å²) in [5, 5.41) is 13.2. The molecule has 4 nitrogen and oxygen atoms in total. The van der Waals surface area contributed by atoms with Gasteiger partial charge in [-0.25, -0.2) is 4.98 Å². The highest BCUT2D eigenvalue weighted by Crippen LogP contribution is 2.36. The minimum atomic E-state index is -0.448. The Morgan fingerprint density at radius 1 is 0.941 bits per heavy atom. The number of rotatable bonds is 6. The molecule has 1 amide bonds. The van der Waals surface area contributed by atoms with Gasteiger partial charge in [0.05, 0.1) is 16.5 Å². The molecular formula is C29H25N3OS. The molecule has 0 aliphatic rings. The smallest absolute Gasteiger partial charge is 0.237 e. The molecule has 0 aliphatic carbocycles. The number of para-hydroxylation sites is 1. The third kappa shape index (κ3) is 5.19. The highest BCUT2D eigenvalue weighted by atomic mass is 32.2. The van der Waals surface area contributed by atoms with Gasteiger partial charge in [0, 0.05) is 16.8 Å². The Morgan fingerprint density at radius 3 is 2.29 bits per heavy atom. The van der Waals surface area contributed by atoms with Crippen molar-refractivity contribution in [2.24, 2.45) is 0 Å². The van der Waals surface area contributed by atoms with Gasteiger partial charge in [0.25, 0.3) is 0 Å². The molecule has 4 aromatic rings. The lowest BCUT2D eigenvalue weighted by Crippen LogP contribution is -2.23.